The molecule has 0 bridgehead atoms. The highest BCUT2D eigenvalue weighted by Gasteiger charge is 2.21. The molecule has 0 aliphatic carbocycles. The molecule has 1 aromatic heterocycles. The van der Waals surface area contributed by atoms with Crippen LogP contribution in [0.3, 0.4) is 0 Å². The van der Waals surface area contributed by atoms with E-state index in [-0.39, 0.29) is 6.10 Å². The maximum absolute atomic E-state index is 5.89. The third-order valence-electron chi connectivity index (χ3n) is 3.22. The standard InChI is InChI=1S/C14H16BrNO2/c1-9-6-16-7-14(17-8-9)13-5-10-4-11(15)2-3-12(10)18-13/h2-5,9,14,16H,6-8H2,1H3. The minimum Gasteiger partial charge on any atom is -0.458 e. The fourth-order valence-corrected chi connectivity index (χ4v) is 2.61. The summed E-state index contributed by atoms with van der Waals surface area (Å²) < 4.78 is 12.8. The average molecular weight is 310 g/mol. The molecule has 96 valence electrons. The van der Waals surface area contributed by atoms with Crippen LogP contribution < -0.4 is 5.32 Å². The summed E-state index contributed by atoms with van der Waals surface area (Å²) in [7, 11) is 0. The van der Waals surface area contributed by atoms with Gasteiger partial charge in [0, 0.05) is 22.9 Å². The summed E-state index contributed by atoms with van der Waals surface area (Å²) in [6.07, 6.45) is 0.0149. The van der Waals surface area contributed by atoms with Gasteiger partial charge in [-0.3, -0.25) is 0 Å². The normalized spacial score (nSPS) is 25.2. The highest BCUT2D eigenvalue weighted by atomic mass is 79.9. The topological polar surface area (TPSA) is 34.4 Å². The van der Waals surface area contributed by atoms with Crippen LogP contribution in [0.15, 0.2) is 33.2 Å². The molecule has 1 N–H and O–H groups in total. The number of nitrogens with one attached hydrogen (secondary N) is 1. The second-order valence-electron chi connectivity index (χ2n) is 4.92. The van der Waals surface area contributed by atoms with Crippen LogP contribution in [0.25, 0.3) is 11.0 Å². The van der Waals surface area contributed by atoms with Gasteiger partial charge in [0.1, 0.15) is 17.4 Å². The van der Waals surface area contributed by atoms with Crippen molar-refractivity contribution in [1.29, 1.82) is 0 Å². The number of rotatable bonds is 1. The van der Waals surface area contributed by atoms with Gasteiger partial charge in [0.2, 0.25) is 0 Å². The summed E-state index contributed by atoms with van der Waals surface area (Å²) in [5.41, 5.74) is 0.911. The zero-order valence-electron chi connectivity index (χ0n) is 10.3. The molecule has 0 saturated carbocycles. The van der Waals surface area contributed by atoms with Crippen LogP contribution >= 0.6 is 15.9 Å². The second-order valence-corrected chi connectivity index (χ2v) is 5.83. The Morgan fingerprint density at radius 1 is 1.28 bits per heavy atom. The Labute approximate surface area is 115 Å². The maximum Gasteiger partial charge on any atom is 0.135 e. The second kappa shape index (κ2) is 5.03. The predicted molar refractivity (Wildman–Crippen MR) is 74.6 cm³/mol. The van der Waals surface area contributed by atoms with Gasteiger partial charge in [-0.2, -0.15) is 0 Å². The summed E-state index contributed by atoms with van der Waals surface area (Å²) in [5, 5.41) is 4.52. The quantitative estimate of drug-likeness (QED) is 0.875. The largest absolute Gasteiger partial charge is 0.458 e. The van der Waals surface area contributed by atoms with Crippen LogP contribution in [0.2, 0.25) is 0 Å². The summed E-state index contributed by atoms with van der Waals surface area (Å²) in [5.74, 6) is 1.46. The highest BCUT2D eigenvalue weighted by molar-refractivity contribution is 9.10. The maximum atomic E-state index is 5.89. The lowest BCUT2D eigenvalue weighted by atomic mass is 10.2. The van der Waals surface area contributed by atoms with E-state index in [1.54, 1.807) is 0 Å². The van der Waals surface area contributed by atoms with Crippen molar-refractivity contribution < 1.29 is 9.15 Å². The highest BCUT2D eigenvalue weighted by Crippen LogP contribution is 2.28. The van der Waals surface area contributed by atoms with Crippen molar-refractivity contribution in [2.24, 2.45) is 5.92 Å². The molecule has 4 heteroatoms. The van der Waals surface area contributed by atoms with E-state index in [1.165, 1.54) is 0 Å². The Kier molecular flexibility index (Phi) is 3.41. The molecule has 0 radical (unpaired) electrons. The Morgan fingerprint density at radius 3 is 3.06 bits per heavy atom. The van der Waals surface area contributed by atoms with Crippen molar-refractivity contribution in [3.8, 4) is 0 Å². The molecule has 1 saturated heterocycles. The smallest absolute Gasteiger partial charge is 0.135 e. The first kappa shape index (κ1) is 12.2. The molecule has 2 unspecified atom stereocenters. The third-order valence-corrected chi connectivity index (χ3v) is 3.71. The molecular formula is C14H16BrNO2. The van der Waals surface area contributed by atoms with Crippen LogP contribution in [0.1, 0.15) is 18.8 Å². The third kappa shape index (κ3) is 2.46. The zero-order chi connectivity index (χ0) is 12.5. The van der Waals surface area contributed by atoms with Crippen molar-refractivity contribution in [3.63, 3.8) is 0 Å². The van der Waals surface area contributed by atoms with Crippen molar-refractivity contribution in [1.82, 2.24) is 5.32 Å². The molecule has 3 rings (SSSR count). The molecule has 1 aromatic carbocycles. The number of ether oxygens (including phenoxy) is 1. The predicted octanol–water partition coefficient (Wildman–Crippen LogP) is 3.49. The number of halogens is 1. The van der Waals surface area contributed by atoms with E-state index < -0.39 is 0 Å². The van der Waals surface area contributed by atoms with E-state index in [1.807, 2.05) is 12.1 Å². The van der Waals surface area contributed by atoms with Crippen LogP contribution in [0.4, 0.5) is 0 Å². The van der Waals surface area contributed by atoms with Gasteiger partial charge >= 0.3 is 0 Å². The Hall–Kier alpha value is -0.840. The molecule has 0 spiro atoms. The van der Waals surface area contributed by atoms with Gasteiger partial charge in [0.15, 0.2) is 0 Å². The molecule has 0 amide bonds. The zero-order valence-corrected chi connectivity index (χ0v) is 11.9. The SMILES string of the molecule is CC1CNCC(c2cc3cc(Br)ccc3o2)OC1. The molecule has 1 aliphatic rings. The molecule has 2 atom stereocenters. The molecule has 3 nitrogen and oxygen atoms in total. The van der Waals surface area contributed by atoms with E-state index in [9.17, 15) is 0 Å². The molecule has 2 heterocycles. The lowest BCUT2D eigenvalue weighted by molar-refractivity contribution is 0.0386. The van der Waals surface area contributed by atoms with Gasteiger partial charge in [0.05, 0.1) is 6.61 Å². The molecular weight excluding hydrogens is 294 g/mol. The minimum absolute atomic E-state index is 0.0149. The lowest BCUT2D eigenvalue weighted by Gasteiger charge is -2.11. The van der Waals surface area contributed by atoms with Crippen LogP contribution in [-0.4, -0.2) is 19.7 Å². The first-order chi connectivity index (χ1) is 8.72. The Balaban J connectivity index is 1.89. The first-order valence-corrected chi connectivity index (χ1v) is 7.03. The minimum atomic E-state index is 0.0149. The van der Waals surface area contributed by atoms with Gasteiger partial charge in [0.25, 0.3) is 0 Å². The van der Waals surface area contributed by atoms with Crippen molar-refractivity contribution in [3.05, 3.63) is 34.5 Å². The van der Waals surface area contributed by atoms with Gasteiger partial charge in [-0.15, -0.1) is 0 Å². The number of benzene rings is 1. The van der Waals surface area contributed by atoms with E-state index in [2.05, 4.69) is 40.3 Å². The average Bonchev–Trinajstić information content (AvgIpc) is 2.63. The van der Waals surface area contributed by atoms with Crippen LogP contribution in [0.5, 0.6) is 0 Å². The summed E-state index contributed by atoms with van der Waals surface area (Å²) in [4.78, 5) is 0. The fourth-order valence-electron chi connectivity index (χ4n) is 2.24. The number of hydrogen-bond donors (Lipinski definition) is 1. The Bertz CT molecular complexity index is 552. The lowest BCUT2D eigenvalue weighted by Crippen LogP contribution is -2.22. The van der Waals surface area contributed by atoms with E-state index >= 15 is 0 Å². The summed E-state index contributed by atoms with van der Waals surface area (Å²) >= 11 is 3.47. The van der Waals surface area contributed by atoms with Crippen LogP contribution in [0, 0.1) is 5.92 Å². The van der Waals surface area contributed by atoms with Crippen LogP contribution in [-0.2, 0) is 4.74 Å². The van der Waals surface area contributed by atoms with E-state index in [4.69, 9.17) is 9.15 Å². The number of furan rings is 1. The van der Waals surface area contributed by atoms with Gasteiger partial charge in [-0.05, 0) is 30.2 Å². The van der Waals surface area contributed by atoms with Gasteiger partial charge in [-0.25, -0.2) is 0 Å². The van der Waals surface area contributed by atoms with Crippen molar-refractivity contribution in [2.75, 3.05) is 19.7 Å². The molecule has 18 heavy (non-hydrogen) atoms. The number of fused-ring (bicyclic) bond motifs is 1. The molecule has 1 aliphatic heterocycles. The van der Waals surface area contributed by atoms with Crippen molar-refractivity contribution in [2.45, 2.75) is 13.0 Å². The fraction of sp³-hybridized carbons (Fsp3) is 0.429. The number of hydrogen-bond acceptors (Lipinski definition) is 3. The monoisotopic (exact) mass is 309 g/mol. The molecule has 1 fully saturated rings. The Morgan fingerprint density at radius 2 is 2.17 bits per heavy atom. The van der Waals surface area contributed by atoms with E-state index in [0.29, 0.717) is 5.92 Å². The first-order valence-electron chi connectivity index (χ1n) is 6.23. The molecule has 2 aromatic rings. The van der Waals surface area contributed by atoms with Crippen molar-refractivity contribution >= 4 is 26.9 Å². The summed E-state index contributed by atoms with van der Waals surface area (Å²) in [6, 6.07) is 8.11. The van der Waals surface area contributed by atoms with E-state index in [0.717, 1.165) is 40.9 Å². The van der Waals surface area contributed by atoms with Gasteiger partial charge in [-0.1, -0.05) is 22.9 Å². The van der Waals surface area contributed by atoms with Gasteiger partial charge < -0.3 is 14.5 Å². The summed E-state index contributed by atoms with van der Waals surface area (Å²) in [6.45, 7) is 4.77.